The maximum absolute atomic E-state index is 6.03. The largest absolute Gasteiger partial charge is 0.492 e. The van der Waals surface area contributed by atoms with Gasteiger partial charge >= 0.3 is 0 Å². The van der Waals surface area contributed by atoms with Crippen LogP contribution in [0.25, 0.3) is 22.1 Å². The molecular formula is C20H20N6O2S. The van der Waals surface area contributed by atoms with Crippen LogP contribution in [0.3, 0.4) is 0 Å². The smallest absolute Gasteiger partial charge is 0.187 e. The summed E-state index contributed by atoms with van der Waals surface area (Å²) in [5.74, 6) is 2.38. The molecule has 1 aliphatic heterocycles. The highest BCUT2D eigenvalue weighted by atomic mass is 32.1. The molecule has 1 N–H and O–H groups in total. The fourth-order valence-electron chi connectivity index (χ4n) is 3.35. The van der Waals surface area contributed by atoms with E-state index in [0.717, 1.165) is 39.8 Å². The molecule has 4 heterocycles. The minimum atomic E-state index is 0.228. The molecule has 0 unspecified atom stereocenters. The van der Waals surface area contributed by atoms with Gasteiger partial charge in [0.15, 0.2) is 16.6 Å². The van der Waals surface area contributed by atoms with Gasteiger partial charge in [0, 0.05) is 35.5 Å². The second-order valence-corrected chi connectivity index (χ2v) is 8.16. The average molecular weight is 408 g/mol. The van der Waals surface area contributed by atoms with Crippen LogP contribution in [0.4, 0.5) is 5.82 Å². The van der Waals surface area contributed by atoms with Gasteiger partial charge in [-0.05, 0) is 31.5 Å². The molecule has 3 aromatic heterocycles. The third kappa shape index (κ3) is 3.38. The van der Waals surface area contributed by atoms with Crippen molar-refractivity contribution >= 4 is 17.2 Å². The Hall–Kier alpha value is -3.20. The highest BCUT2D eigenvalue weighted by molar-refractivity contribution is 7.15. The van der Waals surface area contributed by atoms with Crippen molar-refractivity contribution in [3.05, 3.63) is 47.3 Å². The van der Waals surface area contributed by atoms with Gasteiger partial charge in [0.2, 0.25) is 0 Å². The Labute approximate surface area is 171 Å². The first-order valence-corrected chi connectivity index (χ1v) is 10.3. The third-order valence-electron chi connectivity index (χ3n) is 4.75. The van der Waals surface area contributed by atoms with Crippen LogP contribution in [0.15, 0.2) is 41.4 Å². The number of nitrogens with zero attached hydrogens (tertiary/aromatic N) is 5. The molecule has 1 aromatic carbocycles. The molecule has 0 aliphatic carbocycles. The minimum absolute atomic E-state index is 0.228. The number of hydrogen-bond donors (Lipinski definition) is 1. The highest BCUT2D eigenvalue weighted by Crippen LogP contribution is 2.40. The molecule has 0 bridgehead atoms. The van der Waals surface area contributed by atoms with Gasteiger partial charge in [0.1, 0.15) is 18.3 Å². The molecule has 0 radical (unpaired) electrons. The molecule has 9 heteroatoms. The van der Waals surface area contributed by atoms with Crippen molar-refractivity contribution in [3.8, 4) is 27.8 Å². The van der Waals surface area contributed by atoms with E-state index in [9.17, 15) is 0 Å². The van der Waals surface area contributed by atoms with Crippen LogP contribution in [0.1, 0.15) is 30.3 Å². The third-order valence-corrected chi connectivity index (χ3v) is 5.86. The minimum Gasteiger partial charge on any atom is -0.492 e. The number of anilines is 1. The zero-order valence-electron chi connectivity index (χ0n) is 16.1. The topological polar surface area (TPSA) is 90.9 Å². The molecule has 8 nitrogen and oxygen atoms in total. The Bertz CT molecular complexity index is 1130. The SMILES string of the molecule is CC(C)n1ncnc1-c1nc2c(s1)CCOc1cc(CNc3ccon3)ccc1-2. The maximum atomic E-state index is 6.03. The number of benzene rings is 1. The molecule has 1 aliphatic rings. The van der Waals surface area contributed by atoms with Crippen molar-refractivity contribution in [2.24, 2.45) is 0 Å². The number of aromatic nitrogens is 5. The quantitative estimate of drug-likeness (QED) is 0.529. The maximum Gasteiger partial charge on any atom is 0.187 e. The molecule has 0 atom stereocenters. The molecule has 0 spiro atoms. The van der Waals surface area contributed by atoms with Crippen LogP contribution in [-0.4, -0.2) is 31.5 Å². The number of nitrogens with one attached hydrogen (secondary N) is 1. The van der Waals surface area contributed by atoms with Gasteiger partial charge in [-0.3, -0.25) is 0 Å². The van der Waals surface area contributed by atoms with Crippen LogP contribution in [0.5, 0.6) is 5.75 Å². The second-order valence-electron chi connectivity index (χ2n) is 7.08. The van der Waals surface area contributed by atoms with Crippen LogP contribution in [0.2, 0.25) is 0 Å². The van der Waals surface area contributed by atoms with E-state index in [1.165, 1.54) is 4.88 Å². The Balaban J connectivity index is 1.47. The molecule has 0 saturated heterocycles. The average Bonchev–Trinajstić information content (AvgIpc) is 3.45. The lowest BCUT2D eigenvalue weighted by atomic mass is 10.1. The summed E-state index contributed by atoms with van der Waals surface area (Å²) in [6.45, 7) is 5.44. The van der Waals surface area contributed by atoms with Crippen LogP contribution >= 0.6 is 11.3 Å². The molecular weight excluding hydrogens is 388 g/mol. The molecule has 0 amide bonds. The fraction of sp³-hybridized carbons (Fsp3) is 0.300. The summed E-state index contributed by atoms with van der Waals surface area (Å²) >= 11 is 1.67. The zero-order valence-corrected chi connectivity index (χ0v) is 16.9. The van der Waals surface area contributed by atoms with Gasteiger partial charge in [0.25, 0.3) is 0 Å². The Morgan fingerprint density at radius 1 is 1.28 bits per heavy atom. The second kappa shape index (κ2) is 7.32. The van der Waals surface area contributed by atoms with Crippen molar-refractivity contribution in [1.82, 2.24) is 24.9 Å². The van der Waals surface area contributed by atoms with Crippen LogP contribution in [-0.2, 0) is 13.0 Å². The predicted octanol–water partition coefficient (Wildman–Crippen LogP) is 4.18. The first-order chi connectivity index (χ1) is 14.2. The van der Waals surface area contributed by atoms with E-state index in [0.29, 0.717) is 19.0 Å². The molecule has 0 saturated carbocycles. The van der Waals surface area contributed by atoms with Gasteiger partial charge < -0.3 is 14.6 Å². The van der Waals surface area contributed by atoms with Gasteiger partial charge in [-0.2, -0.15) is 5.10 Å². The lowest BCUT2D eigenvalue weighted by Gasteiger charge is -2.10. The Morgan fingerprint density at radius 2 is 2.21 bits per heavy atom. The van der Waals surface area contributed by atoms with Crippen LogP contribution in [0, 0.1) is 0 Å². The summed E-state index contributed by atoms with van der Waals surface area (Å²) < 4.78 is 12.8. The Kier molecular flexibility index (Phi) is 4.51. The summed E-state index contributed by atoms with van der Waals surface area (Å²) in [5.41, 5.74) is 3.10. The lowest BCUT2D eigenvalue weighted by molar-refractivity contribution is 0.327. The van der Waals surface area contributed by atoms with Crippen molar-refractivity contribution in [2.45, 2.75) is 32.9 Å². The number of thiazole rings is 1. The summed E-state index contributed by atoms with van der Waals surface area (Å²) in [6, 6.07) is 8.24. The van der Waals surface area contributed by atoms with E-state index in [2.05, 4.69) is 52.6 Å². The van der Waals surface area contributed by atoms with Gasteiger partial charge in [-0.1, -0.05) is 11.2 Å². The normalized spacial score (nSPS) is 12.9. The van der Waals surface area contributed by atoms with E-state index < -0.39 is 0 Å². The van der Waals surface area contributed by atoms with Crippen molar-refractivity contribution in [3.63, 3.8) is 0 Å². The van der Waals surface area contributed by atoms with E-state index in [-0.39, 0.29) is 6.04 Å². The van der Waals surface area contributed by atoms with Gasteiger partial charge in [0.05, 0.1) is 12.3 Å². The molecule has 148 valence electrons. The summed E-state index contributed by atoms with van der Waals surface area (Å²) in [4.78, 5) is 10.6. The van der Waals surface area contributed by atoms with Gasteiger partial charge in [-0.15, -0.1) is 11.3 Å². The first kappa shape index (κ1) is 17.9. The fourth-order valence-corrected chi connectivity index (χ4v) is 4.40. The number of rotatable bonds is 5. The van der Waals surface area contributed by atoms with E-state index in [4.69, 9.17) is 14.2 Å². The standard InChI is InChI=1S/C20H20N6O2S/c1-12(2)26-19(22-11-23-26)20-24-18-14-4-3-13(10-21-17-6-8-28-25-17)9-15(14)27-7-5-16(18)29-20/h3-4,6,8-9,11-12H,5,7,10H2,1-2H3,(H,21,25). The van der Waals surface area contributed by atoms with E-state index >= 15 is 0 Å². The van der Waals surface area contributed by atoms with Crippen LogP contribution < -0.4 is 10.1 Å². The van der Waals surface area contributed by atoms with Gasteiger partial charge in [-0.25, -0.2) is 14.6 Å². The van der Waals surface area contributed by atoms with Crippen molar-refractivity contribution in [1.29, 1.82) is 0 Å². The van der Waals surface area contributed by atoms with E-state index in [1.807, 2.05) is 4.68 Å². The molecule has 29 heavy (non-hydrogen) atoms. The molecule has 5 rings (SSSR count). The summed E-state index contributed by atoms with van der Waals surface area (Å²) in [5, 5.41) is 12.3. The van der Waals surface area contributed by atoms with E-state index in [1.54, 1.807) is 30.0 Å². The summed E-state index contributed by atoms with van der Waals surface area (Å²) in [7, 11) is 0. The number of ether oxygens (including phenoxy) is 1. The Morgan fingerprint density at radius 3 is 3.03 bits per heavy atom. The monoisotopic (exact) mass is 408 g/mol. The number of fused-ring (bicyclic) bond motifs is 3. The lowest BCUT2D eigenvalue weighted by Crippen LogP contribution is -2.05. The summed E-state index contributed by atoms with van der Waals surface area (Å²) in [6.07, 6.45) is 3.96. The highest BCUT2D eigenvalue weighted by Gasteiger charge is 2.23. The molecule has 0 fully saturated rings. The molecule has 4 aromatic rings. The zero-order chi connectivity index (χ0) is 19.8. The first-order valence-electron chi connectivity index (χ1n) is 9.49. The van der Waals surface area contributed by atoms with Crippen molar-refractivity contribution < 1.29 is 9.26 Å². The van der Waals surface area contributed by atoms with Crippen molar-refractivity contribution in [2.75, 3.05) is 11.9 Å². The number of hydrogen-bond acceptors (Lipinski definition) is 8. The predicted molar refractivity (Wildman–Crippen MR) is 110 cm³/mol.